The van der Waals surface area contributed by atoms with Gasteiger partial charge in [0.2, 0.25) is 0 Å². The third-order valence-corrected chi connectivity index (χ3v) is 5.74. The Bertz CT molecular complexity index is 1540. The fourth-order valence-corrected chi connectivity index (χ4v) is 3.59. The minimum Gasteiger partial charge on any atom is -0.295 e. The molecule has 4 N–H and O–H groups in total. The van der Waals surface area contributed by atoms with Crippen molar-refractivity contribution in [2.24, 2.45) is 10.2 Å². The van der Waals surface area contributed by atoms with Crippen molar-refractivity contribution in [1.29, 1.82) is 0 Å². The van der Waals surface area contributed by atoms with Gasteiger partial charge in [0.15, 0.2) is 0 Å². The number of hydrazone groups is 2. The maximum atomic E-state index is 12.7. The Labute approximate surface area is 216 Å². The number of amides is 2. The number of rotatable bonds is 6. The van der Waals surface area contributed by atoms with Gasteiger partial charge in [0, 0.05) is 11.4 Å². The SMILES string of the molecule is Cc1ccc(-n2[nH]c(C)c(C=NNC(=O)C(=O)NN=Cc3c(C)[nH]n(-c4ccc(C)cc4)c3=O)c2=O)cc1. The number of hydrogen-bond donors (Lipinski definition) is 4. The molecule has 4 aromatic rings. The lowest BCUT2D eigenvalue weighted by molar-refractivity contribution is -0.139. The predicted molar refractivity (Wildman–Crippen MR) is 143 cm³/mol. The van der Waals surface area contributed by atoms with Crippen molar-refractivity contribution in [3.05, 3.63) is 103 Å². The second kappa shape index (κ2) is 10.8. The number of aryl methyl sites for hydroxylation is 4. The van der Waals surface area contributed by atoms with Crippen LogP contribution in [0.4, 0.5) is 0 Å². The fraction of sp³-hybridized carbons (Fsp3) is 0.154. The van der Waals surface area contributed by atoms with Gasteiger partial charge in [-0.2, -0.15) is 10.2 Å². The number of aromatic amines is 2. The molecule has 0 atom stereocenters. The van der Waals surface area contributed by atoms with Crippen LogP contribution in [0.25, 0.3) is 11.4 Å². The van der Waals surface area contributed by atoms with Crippen molar-refractivity contribution < 1.29 is 9.59 Å². The van der Waals surface area contributed by atoms with Gasteiger partial charge in [-0.1, -0.05) is 35.4 Å². The molecule has 12 heteroatoms. The highest BCUT2D eigenvalue weighted by atomic mass is 16.2. The van der Waals surface area contributed by atoms with Gasteiger partial charge in [-0.15, -0.1) is 0 Å². The van der Waals surface area contributed by atoms with E-state index in [9.17, 15) is 19.2 Å². The molecule has 2 aromatic carbocycles. The first kappa shape index (κ1) is 25.8. The van der Waals surface area contributed by atoms with E-state index in [1.807, 2.05) is 38.1 Å². The number of nitrogens with one attached hydrogen (secondary N) is 4. The van der Waals surface area contributed by atoms with Gasteiger partial charge < -0.3 is 0 Å². The molecule has 4 rings (SSSR count). The number of H-pyrrole nitrogens is 2. The number of carbonyl (C=O) groups is 2. The van der Waals surface area contributed by atoms with E-state index in [-0.39, 0.29) is 22.2 Å². The normalized spacial score (nSPS) is 11.4. The van der Waals surface area contributed by atoms with Gasteiger partial charge in [-0.25, -0.2) is 20.2 Å². The molecule has 2 amide bonds. The molecule has 0 aliphatic rings. The molecular formula is C26H26N8O4. The largest absolute Gasteiger partial charge is 0.331 e. The number of aromatic nitrogens is 4. The topological polar surface area (TPSA) is 158 Å². The monoisotopic (exact) mass is 514 g/mol. The Morgan fingerprint density at radius 3 is 1.34 bits per heavy atom. The van der Waals surface area contributed by atoms with Crippen LogP contribution < -0.4 is 22.0 Å². The summed E-state index contributed by atoms with van der Waals surface area (Å²) in [5.41, 5.74) is 8.28. The number of nitrogens with zero attached hydrogens (tertiary/aromatic N) is 4. The Morgan fingerprint density at radius 2 is 1.00 bits per heavy atom. The molecule has 0 spiro atoms. The van der Waals surface area contributed by atoms with Crippen molar-refractivity contribution in [1.82, 2.24) is 30.4 Å². The second-order valence-corrected chi connectivity index (χ2v) is 8.65. The summed E-state index contributed by atoms with van der Waals surface area (Å²) in [4.78, 5) is 49.6. The number of carbonyl (C=O) groups excluding carboxylic acids is 2. The predicted octanol–water partition coefficient (Wildman–Crippen LogP) is 1.48. The first-order valence-electron chi connectivity index (χ1n) is 11.6. The van der Waals surface area contributed by atoms with Crippen LogP contribution in [0, 0.1) is 27.7 Å². The number of hydrogen-bond acceptors (Lipinski definition) is 6. The Balaban J connectivity index is 1.38. The first-order valence-corrected chi connectivity index (χ1v) is 11.6. The third kappa shape index (κ3) is 5.43. The Kier molecular flexibility index (Phi) is 7.33. The van der Waals surface area contributed by atoms with Gasteiger partial charge >= 0.3 is 11.8 Å². The van der Waals surface area contributed by atoms with Crippen LogP contribution in [0.5, 0.6) is 0 Å². The summed E-state index contributed by atoms with van der Waals surface area (Å²) in [6.07, 6.45) is 2.31. The molecule has 12 nitrogen and oxygen atoms in total. The average Bonchev–Trinajstić information content (AvgIpc) is 3.34. The van der Waals surface area contributed by atoms with E-state index in [1.54, 1.807) is 38.1 Å². The molecule has 0 aliphatic heterocycles. The zero-order valence-electron chi connectivity index (χ0n) is 21.2. The minimum absolute atomic E-state index is 0.220. The molecule has 0 saturated heterocycles. The summed E-state index contributed by atoms with van der Waals surface area (Å²) in [5, 5.41) is 13.3. The average molecular weight is 515 g/mol. The fourth-order valence-electron chi connectivity index (χ4n) is 3.59. The molecule has 0 bridgehead atoms. The van der Waals surface area contributed by atoms with E-state index in [1.165, 1.54) is 9.36 Å². The van der Waals surface area contributed by atoms with Crippen molar-refractivity contribution in [3.8, 4) is 11.4 Å². The smallest absolute Gasteiger partial charge is 0.295 e. The molecule has 194 valence electrons. The molecule has 0 aliphatic carbocycles. The quantitative estimate of drug-likeness (QED) is 0.174. The lowest BCUT2D eigenvalue weighted by Crippen LogP contribution is -2.35. The first-order chi connectivity index (χ1) is 18.2. The van der Waals surface area contributed by atoms with Crippen LogP contribution in [-0.2, 0) is 9.59 Å². The van der Waals surface area contributed by atoms with E-state index in [2.05, 4.69) is 31.3 Å². The molecule has 0 saturated carbocycles. The van der Waals surface area contributed by atoms with E-state index in [0.717, 1.165) is 23.6 Å². The van der Waals surface area contributed by atoms with Gasteiger partial charge in [-0.05, 0) is 52.0 Å². The van der Waals surface area contributed by atoms with Crippen LogP contribution in [0.3, 0.4) is 0 Å². The summed E-state index contributed by atoms with van der Waals surface area (Å²) in [7, 11) is 0. The molecular weight excluding hydrogens is 488 g/mol. The molecule has 2 heterocycles. The number of benzene rings is 2. The van der Waals surface area contributed by atoms with Gasteiger partial charge in [0.25, 0.3) is 11.1 Å². The van der Waals surface area contributed by atoms with Gasteiger partial charge in [0.1, 0.15) is 0 Å². The molecule has 0 fully saturated rings. The molecule has 0 radical (unpaired) electrons. The highest BCUT2D eigenvalue weighted by Crippen LogP contribution is 2.09. The highest BCUT2D eigenvalue weighted by molar-refractivity contribution is 6.35. The maximum absolute atomic E-state index is 12.7. The highest BCUT2D eigenvalue weighted by Gasteiger charge is 2.15. The lowest BCUT2D eigenvalue weighted by Gasteiger charge is -2.01. The van der Waals surface area contributed by atoms with Gasteiger partial charge in [-0.3, -0.25) is 29.4 Å². The standard InChI is InChI=1S/C26H26N8O4/c1-15-5-9-19(10-6-15)33-25(37)21(17(3)31-33)13-27-29-23(35)24(36)30-28-14-22-18(4)32-34(26(22)38)20-11-7-16(2)8-12-20/h5-14,31-32H,1-4H3,(H,29,35)(H,30,36). The summed E-state index contributed by atoms with van der Waals surface area (Å²) < 4.78 is 2.71. The van der Waals surface area contributed by atoms with Crippen LogP contribution >= 0.6 is 0 Å². The van der Waals surface area contributed by atoms with Gasteiger partial charge in [0.05, 0.1) is 34.9 Å². The van der Waals surface area contributed by atoms with E-state index in [4.69, 9.17) is 0 Å². The zero-order valence-corrected chi connectivity index (χ0v) is 21.2. The maximum Gasteiger partial charge on any atom is 0.331 e. The zero-order chi connectivity index (χ0) is 27.4. The molecule has 0 unspecified atom stereocenters. The summed E-state index contributed by atoms with van der Waals surface area (Å²) in [5.74, 6) is -2.21. The van der Waals surface area contributed by atoms with E-state index >= 15 is 0 Å². The summed E-state index contributed by atoms with van der Waals surface area (Å²) in [6, 6.07) is 14.7. The van der Waals surface area contributed by atoms with Crippen molar-refractivity contribution in [2.45, 2.75) is 27.7 Å². The minimum atomic E-state index is -1.10. The molecule has 38 heavy (non-hydrogen) atoms. The summed E-state index contributed by atoms with van der Waals surface area (Å²) in [6.45, 7) is 7.26. The van der Waals surface area contributed by atoms with Crippen LogP contribution in [0.2, 0.25) is 0 Å². The van der Waals surface area contributed by atoms with E-state index < -0.39 is 11.8 Å². The molecule has 2 aromatic heterocycles. The summed E-state index contributed by atoms with van der Waals surface area (Å²) >= 11 is 0. The lowest BCUT2D eigenvalue weighted by atomic mass is 10.2. The van der Waals surface area contributed by atoms with E-state index in [0.29, 0.717) is 22.8 Å². The van der Waals surface area contributed by atoms with Crippen LogP contribution in [0.15, 0.2) is 68.3 Å². The van der Waals surface area contributed by atoms with Crippen molar-refractivity contribution >= 4 is 24.2 Å². The van der Waals surface area contributed by atoms with Crippen LogP contribution in [0.1, 0.15) is 33.6 Å². The van der Waals surface area contributed by atoms with Crippen LogP contribution in [-0.4, -0.2) is 43.8 Å². The Hall–Kier alpha value is -5.26. The van der Waals surface area contributed by atoms with Crippen molar-refractivity contribution in [2.75, 3.05) is 0 Å². The van der Waals surface area contributed by atoms with Crippen molar-refractivity contribution in [3.63, 3.8) is 0 Å². The second-order valence-electron chi connectivity index (χ2n) is 8.65. The Morgan fingerprint density at radius 1 is 0.658 bits per heavy atom. The third-order valence-electron chi connectivity index (χ3n) is 5.74.